The number of halogens is 3. The summed E-state index contributed by atoms with van der Waals surface area (Å²) in [6.45, 7) is 2.25. The quantitative estimate of drug-likeness (QED) is 0.862. The van der Waals surface area contributed by atoms with Crippen LogP contribution in [0.5, 0.6) is 0 Å². The van der Waals surface area contributed by atoms with Gasteiger partial charge in [-0.15, -0.1) is 0 Å². The van der Waals surface area contributed by atoms with E-state index in [-0.39, 0.29) is 6.10 Å². The summed E-state index contributed by atoms with van der Waals surface area (Å²) in [5.41, 5.74) is 0.260. The van der Waals surface area contributed by atoms with Gasteiger partial charge in [0.25, 0.3) is 0 Å². The highest BCUT2D eigenvalue weighted by molar-refractivity contribution is 5.25. The summed E-state index contributed by atoms with van der Waals surface area (Å²) in [6, 6.07) is 5.26. The van der Waals surface area contributed by atoms with Gasteiger partial charge < -0.3 is 10.1 Å². The maximum atomic E-state index is 12.3. The first-order valence-corrected chi connectivity index (χ1v) is 5.54. The average Bonchev–Trinajstić information content (AvgIpc) is 2.30. The van der Waals surface area contributed by atoms with E-state index in [9.17, 15) is 13.2 Å². The third-order valence-corrected chi connectivity index (χ3v) is 2.75. The van der Waals surface area contributed by atoms with Gasteiger partial charge in [-0.05, 0) is 24.1 Å². The molecule has 1 aliphatic heterocycles. The second-order valence-electron chi connectivity index (χ2n) is 4.10. The molecule has 1 aromatic rings. The first-order valence-electron chi connectivity index (χ1n) is 5.54. The van der Waals surface area contributed by atoms with Crippen LogP contribution in [0.4, 0.5) is 13.2 Å². The van der Waals surface area contributed by atoms with E-state index in [1.165, 1.54) is 12.1 Å². The number of morpholine rings is 1. The van der Waals surface area contributed by atoms with Crippen LogP contribution >= 0.6 is 0 Å². The summed E-state index contributed by atoms with van der Waals surface area (Å²) in [5, 5.41) is 3.19. The number of benzene rings is 1. The van der Waals surface area contributed by atoms with Gasteiger partial charge in [-0.1, -0.05) is 12.1 Å². The molecule has 1 heterocycles. The van der Waals surface area contributed by atoms with Crippen molar-refractivity contribution in [1.82, 2.24) is 5.32 Å². The minimum absolute atomic E-state index is 0.0560. The third kappa shape index (κ3) is 3.44. The third-order valence-electron chi connectivity index (χ3n) is 2.75. The van der Waals surface area contributed by atoms with Crippen LogP contribution in [0.2, 0.25) is 0 Å². The second-order valence-corrected chi connectivity index (χ2v) is 4.10. The van der Waals surface area contributed by atoms with Gasteiger partial charge in [0.05, 0.1) is 18.3 Å². The Morgan fingerprint density at radius 1 is 1.24 bits per heavy atom. The van der Waals surface area contributed by atoms with Crippen molar-refractivity contribution in [3.05, 3.63) is 35.4 Å². The van der Waals surface area contributed by atoms with Crippen LogP contribution in [0.3, 0.4) is 0 Å². The predicted molar refractivity (Wildman–Crippen MR) is 57.8 cm³/mol. The van der Waals surface area contributed by atoms with E-state index in [2.05, 4.69) is 5.32 Å². The molecule has 0 spiro atoms. The maximum Gasteiger partial charge on any atom is 0.416 e. The van der Waals surface area contributed by atoms with Gasteiger partial charge in [0.2, 0.25) is 0 Å². The maximum absolute atomic E-state index is 12.3. The van der Waals surface area contributed by atoms with E-state index in [0.29, 0.717) is 13.0 Å². The molecule has 0 unspecified atom stereocenters. The first-order chi connectivity index (χ1) is 8.05. The van der Waals surface area contributed by atoms with Crippen LogP contribution in [-0.4, -0.2) is 25.8 Å². The molecule has 1 aliphatic rings. The van der Waals surface area contributed by atoms with Crippen LogP contribution in [0, 0.1) is 0 Å². The number of ether oxygens (including phenoxy) is 1. The molecule has 0 radical (unpaired) electrons. The van der Waals surface area contributed by atoms with Crippen molar-refractivity contribution >= 4 is 0 Å². The molecule has 0 saturated carbocycles. The highest BCUT2D eigenvalue weighted by Gasteiger charge is 2.30. The van der Waals surface area contributed by atoms with Gasteiger partial charge >= 0.3 is 6.18 Å². The van der Waals surface area contributed by atoms with Gasteiger partial charge in [0, 0.05) is 13.1 Å². The largest absolute Gasteiger partial charge is 0.416 e. The van der Waals surface area contributed by atoms with Crippen molar-refractivity contribution in [2.75, 3.05) is 19.7 Å². The van der Waals surface area contributed by atoms with E-state index >= 15 is 0 Å². The fourth-order valence-electron chi connectivity index (χ4n) is 1.84. The fraction of sp³-hybridized carbons (Fsp3) is 0.500. The van der Waals surface area contributed by atoms with Crippen molar-refractivity contribution in [1.29, 1.82) is 0 Å². The molecule has 1 saturated heterocycles. The molecule has 1 fully saturated rings. The molecule has 94 valence electrons. The van der Waals surface area contributed by atoms with E-state index < -0.39 is 11.7 Å². The van der Waals surface area contributed by atoms with Crippen molar-refractivity contribution in [3.8, 4) is 0 Å². The van der Waals surface area contributed by atoms with Crippen LogP contribution < -0.4 is 5.32 Å². The molecular weight excluding hydrogens is 231 g/mol. The lowest BCUT2D eigenvalue weighted by Gasteiger charge is -2.23. The molecule has 5 heteroatoms. The molecule has 2 rings (SSSR count). The van der Waals surface area contributed by atoms with Gasteiger partial charge in [-0.3, -0.25) is 0 Å². The topological polar surface area (TPSA) is 21.3 Å². The van der Waals surface area contributed by atoms with Crippen molar-refractivity contribution in [2.24, 2.45) is 0 Å². The molecule has 0 aliphatic carbocycles. The highest BCUT2D eigenvalue weighted by atomic mass is 19.4. The zero-order chi connectivity index (χ0) is 12.3. The Hall–Kier alpha value is -1.07. The number of rotatable bonds is 2. The lowest BCUT2D eigenvalue weighted by Crippen LogP contribution is -2.39. The lowest BCUT2D eigenvalue weighted by atomic mass is 10.0. The molecule has 0 aromatic heterocycles. The Labute approximate surface area is 97.8 Å². The van der Waals surface area contributed by atoms with Gasteiger partial charge in [0.1, 0.15) is 0 Å². The minimum Gasteiger partial charge on any atom is -0.375 e. The van der Waals surface area contributed by atoms with E-state index in [1.54, 1.807) is 0 Å². The molecule has 17 heavy (non-hydrogen) atoms. The van der Waals surface area contributed by atoms with Crippen molar-refractivity contribution in [2.45, 2.75) is 18.7 Å². The number of nitrogens with one attached hydrogen (secondary N) is 1. The van der Waals surface area contributed by atoms with Gasteiger partial charge in [-0.2, -0.15) is 13.2 Å². The van der Waals surface area contributed by atoms with Crippen LogP contribution in [0.25, 0.3) is 0 Å². The summed E-state index contributed by atoms with van der Waals surface area (Å²) < 4.78 is 42.5. The van der Waals surface area contributed by atoms with E-state index in [1.807, 2.05) is 0 Å². The predicted octanol–water partition coefficient (Wildman–Crippen LogP) is 2.24. The van der Waals surface area contributed by atoms with Crippen LogP contribution in [-0.2, 0) is 17.3 Å². The molecular formula is C12H14F3NO. The Balaban J connectivity index is 1.98. The monoisotopic (exact) mass is 245 g/mol. The van der Waals surface area contributed by atoms with Gasteiger partial charge in [-0.25, -0.2) is 0 Å². The Morgan fingerprint density at radius 3 is 2.47 bits per heavy atom. The zero-order valence-corrected chi connectivity index (χ0v) is 9.26. The van der Waals surface area contributed by atoms with E-state index in [4.69, 9.17) is 4.74 Å². The van der Waals surface area contributed by atoms with E-state index in [0.717, 1.165) is 30.8 Å². The Morgan fingerprint density at radius 2 is 1.94 bits per heavy atom. The Bertz CT molecular complexity index is 355. The lowest BCUT2D eigenvalue weighted by molar-refractivity contribution is -0.137. The molecule has 0 bridgehead atoms. The average molecular weight is 245 g/mol. The second kappa shape index (κ2) is 5.06. The number of hydrogen-bond acceptors (Lipinski definition) is 2. The highest BCUT2D eigenvalue weighted by Crippen LogP contribution is 2.29. The normalized spacial score (nSPS) is 21.5. The summed E-state index contributed by atoms with van der Waals surface area (Å²) >= 11 is 0. The number of hydrogen-bond donors (Lipinski definition) is 1. The molecule has 1 atom stereocenters. The standard InChI is InChI=1S/C12H14F3NO/c13-12(14,15)10-3-1-9(2-4-10)7-11-8-16-5-6-17-11/h1-4,11,16H,5-8H2/t11-/m1/s1. The molecule has 1 aromatic carbocycles. The van der Waals surface area contributed by atoms with Crippen molar-refractivity contribution < 1.29 is 17.9 Å². The molecule has 0 amide bonds. The van der Waals surface area contributed by atoms with Crippen molar-refractivity contribution in [3.63, 3.8) is 0 Å². The Kier molecular flexibility index (Phi) is 3.69. The number of alkyl halides is 3. The van der Waals surface area contributed by atoms with Gasteiger partial charge in [0.15, 0.2) is 0 Å². The fourth-order valence-corrected chi connectivity index (χ4v) is 1.84. The molecule has 1 N–H and O–H groups in total. The summed E-state index contributed by atoms with van der Waals surface area (Å²) in [5.74, 6) is 0. The molecule has 2 nitrogen and oxygen atoms in total. The zero-order valence-electron chi connectivity index (χ0n) is 9.26. The SMILES string of the molecule is FC(F)(F)c1ccc(C[C@@H]2CNCCO2)cc1. The smallest absolute Gasteiger partial charge is 0.375 e. The summed E-state index contributed by atoms with van der Waals surface area (Å²) in [7, 11) is 0. The van der Waals surface area contributed by atoms with Crippen LogP contribution in [0.15, 0.2) is 24.3 Å². The summed E-state index contributed by atoms with van der Waals surface area (Å²) in [6.07, 6.45) is -3.56. The summed E-state index contributed by atoms with van der Waals surface area (Å²) in [4.78, 5) is 0. The minimum atomic E-state index is -4.26. The van der Waals surface area contributed by atoms with Crippen LogP contribution in [0.1, 0.15) is 11.1 Å². The first kappa shape index (κ1) is 12.4.